The SMILES string of the molecule is COc1cccc(C[C@H]2[C@H]3C[C@H](CN(C(=O)c4cn[nH]n4)C3)[C@@H]3CCCC(=O)N32)c1. The molecule has 0 aliphatic carbocycles. The molecule has 5 rings (SSSR count). The van der Waals surface area contributed by atoms with Crippen molar-refractivity contribution in [2.75, 3.05) is 20.2 Å². The summed E-state index contributed by atoms with van der Waals surface area (Å²) >= 11 is 0. The summed E-state index contributed by atoms with van der Waals surface area (Å²) in [4.78, 5) is 30.1. The minimum Gasteiger partial charge on any atom is -0.497 e. The molecule has 0 unspecified atom stereocenters. The van der Waals surface area contributed by atoms with Crippen molar-refractivity contribution < 1.29 is 14.3 Å². The minimum atomic E-state index is -0.0748. The van der Waals surface area contributed by atoms with Gasteiger partial charge in [-0.25, -0.2) is 0 Å². The van der Waals surface area contributed by atoms with Crippen LogP contribution >= 0.6 is 0 Å². The first kappa shape index (κ1) is 19.1. The van der Waals surface area contributed by atoms with Crippen LogP contribution in [0.4, 0.5) is 0 Å². The molecule has 3 aliphatic rings. The summed E-state index contributed by atoms with van der Waals surface area (Å²) < 4.78 is 5.39. The number of amides is 2. The van der Waals surface area contributed by atoms with Crippen molar-refractivity contribution in [3.05, 3.63) is 41.7 Å². The molecule has 0 saturated carbocycles. The van der Waals surface area contributed by atoms with Crippen LogP contribution < -0.4 is 4.74 Å². The number of nitrogens with zero attached hydrogens (tertiary/aromatic N) is 4. The second kappa shape index (κ2) is 7.74. The predicted molar refractivity (Wildman–Crippen MR) is 109 cm³/mol. The summed E-state index contributed by atoms with van der Waals surface area (Å²) in [5.41, 5.74) is 1.52. The summed E-state index contributed by atoms with van der Waals surface area (Å²) in [6.45, 7) is 1.33. The molecule has 3 saturated heterocycles. The highest BCUT2D eigenvalue weighted by atomic mass is 16.5. The maximum atomic E-state index is 13.0. The van der Waals surface area contributed by atoms with E-state index < -0.39 is 0 Å². The van der Waals surface area contributed by atoms with Crippen LogP contribution in [0, 0.1) is 11.8 Å². The fraction of sp³-hybridized carbons (Fsp3) is 0.545. The lowest BCUT2D eigenvalue weighted by molar-refractivity contribution is -0.151. The highest BCUT2D eigenvalue weighted by Gasteiger charge is 2.50. The van der Waals surface area contributed by atoms with E-state index in [0.717, 1.165) is 37.0 Å². The minimum absolute atomic E-state index is 0.0748. The van der Waals surface area contributed by atoms with E-state index in [-0.39, 0.29) is 29.8 Å². The third kappa shape index (κ3) is 3.34. The average Bonchev–Trinajstić information content (AvgIpc) is 3.31. The third-order valence-electron chi connectivity index (χ3n) is 7.00. The van der Waals surface area contributed by atoms with Crippen molar-refractivity contribution in [3.8, 4) is 5.75 Å². The van der Waals surface area contributed by atoms with Crippen LogP contribution in [0.25, 0.3) is 0 Å². The molecule has 4 atom stereocenters. The topological polar surface area (TPSA) is 91.4 Å². The molecule has 0 radical (unpaired) electrons. The van der Waals surface area contributed by atoms with E-state index >= 15 is 0 Å². The summed E-state index contributed by atoms with van der Waals surface area (Å²) in [6.07, 6.45) is 5.91. The number of benzene rings is 1. The fourth-order valence-electron chi connectivity index (χ4n) is 5.71. The zero-order valence-electron chi connectivity index (χ0n) is 17.2. The first-order valence-electron chi connectivity index (χ1n) is 10.7. The Morgan fingerprint density at radius 2 is 2.17 bits per heavy atom. The van der Waals surface area contributed by atoms with Crippen LogP contribution in [0.2, 0.25) is 0 Å². The largest absolute Gasteiger partial charge is 0.497 e. The van der Waals surface area contributed by atoms with Crippen LogP contribution in [0.5, 0.6) is 5.75 Å². The van der Waals surface area contributed by atoms with Gasteiger partial charge >= 0.3 is 0 Å². The number of hydrogen-bond donors (Lipinski definition) is 1. The number of aromatic amines is 1. The molecule has 1 aromatic heterocycles. The van der Waals surface area contributed by atoms with E-state index in [2.05, 4.69) is 32.4 Å². The van der Waals surface area contributed by atoms with Gasteiger partial charge in [0.25, 0.3) is 5.91 Å². The van der Waals surface area contributed by atoms with Crippen LogP contribution in [-0.4, -0.2) is 69.3 Å². The number of nitrogens with one attached hydrogen (secondary N) is 1. The molecule has 3 fully saturated rings. The highest BCUT2D eigenvalue weighted by molar-refractivity contribution is 5.92. The lowest BCUT2D eigenvalue weighted by Crippen LogP contribution is -2.66. The number of aromatic nitrogens is 3. The first-order valence-corrected chi connectivity index (χ1v) is 10.7. The second-order valence-electron chi connectivity index (χ2n) is 8.70. The second-order valence-corrected chi connectivity index (χ2v) is 8.70. The predicted octanol–water partition coefficient (Wildman–Crippen LogP) is 1.90. The number of ether oxygens (including phenoxy) is 1. The van der Waals surface area contributed by atoms with Gasteiger partial charge in [-0.05, 0) is 55.2 Å². The van der Waals surface area contributed by atoms with E-state index in [1.54, 1.807) is 7.11 Å². The molecule has 1 aromatic carbocycles. The van der Waals surface area contributed by atoms with Crippen molar-refractivity contribution >= 4 is 11.8 Å². The number of hydrogen-bond acceptors (Lipinski definition) is 5. The summed E-state index contributed by atoms with van der Waals surface area (Å²) in [5, 5.41) is 10.3. The molecule has 8 heteroatoms. The Bertz CT molecular complexity index is 931. The number of likely N-dealkylation sites (tertiary alicyclic amines) is 1. The lowest BCUT2D eigenvalue weighted by Gasteiger charge is -2.56. The van der Waals surface area contributed by atoms with Crippen LogP contribution in [0.3, 0.4) is 0 Å². The van der Waals surface area contributed by atoms with Gasteiger partial charge in [0.15, 0.2) is 5.69 Å². The maximum absolute atomic E-state index is 13.0. The van der Waals surface area contributed by atoms with Gasteiger partial charge in [-0.3, -0.25) is 9.59 Å². The van der Waals surface area contributed by atoms with E-state index in [0.29, 0.717) is 31.1 Å². The molecule has 2 amide bonds. The number of carbonyl (C=O) groups excluding carboxylic acids is 2. The van der Waals surface area contributed by atoms with Crippen LogP contribution in [-0.2, 0) is 11.2 Å². The molecule has 158 valence electrons. The van der Waals surface area contributed by atoms with E-state index in [4.69, 9.17) is 4.74 Å². The van der Waals surface area contributed by atoms with Crippen molar-refractivity contribution in [3.63, 3.8) is 0 Å². The third-order valence-corrected chi connectivity index (χ3v) is 7.00. The molecule has 4 heterocycles. The Morgan fingerprint density at radius 1 is 1.30 bits per heavy atom. The van der Waals surface area contributed by atoms with Gasteiger partial charge in [-0.15, -0.1) is 0 Å². The molecule has 2 aromatic rings. The lowest BCUT2D eigenvalue weighted by atomic mass is 9.70. The van der Waals surface area contributed by atoms with E-state index in [9.17, 15) is 9.59 Å². The van der Waals surface area contributed by atoms with Crippen molar-refractivity contribution in [2.24, 2.45) is 11.8 Å². The number of carbonyl (C=O) groups is 2. The molecular formula is C22H27N5O3. The molecule has 3 aliphatic heterocycles. The summed E-state index contributed by atoms with van der Waals surface area (Å²) in [6, 6.07) is 8.39. The Balaban J connectivity index is 1.44. The Hall–Kier alpha value is -2.90. The fourth-order valence-corrected chi connectivity index (χ4v) is 5.71. The maximum Gasteiger partial charge on any atom is 0.276 e. The van der Waals surface area contributed by atoms with Gasteiger partial charge in [-0.2, -0.15) is 15.4 Å². The van der Waals surface area contributed by atoms with Gasteiger partial charge in [-0.1, -0.05) is 12.1 Å². The van der Waals surface area contributed by atoms with E-state index in [1.807, 2.05) is 17.0 Å². The number of H-pyrrole nitrogens is 1. The number of methoxy groups -OCH3 is 1. The molecule has 30 heavy (non-hydrogen) atoms. The normalized spacial score (nSPS) is 28.2. The van der Waals surface area contributed by atoms with Gasteiger partial charge < -0.3 is 14.5 Å². The quantitative estimate of drug-likeness (QED) is 0.833. The van der Waals surface area contributed by atoms with Crippen LogP contribution in [0.1, 0.15) is 41.7 Å². The zero-order chi connectivity index (χ0) is 20.7. The van der Waals surface area contributed by atoms with Crippen molar-refractivity contribution in [2.45, 2.75) is 44.2 Å². The van der Waals surface area contributed by atoms with Gasteiger partial charge in [0, 0.05) is 31.6 Å². The van der Waals surface area contributed by atoms with Crippen molar-refractivity contribution in [1.29, 1.82) is 0 Å². The smallest absolute Gasteiger partial charge is 0.276 e. The average molecular weight is 409 g/mol. The molecule has 0 spiro atoms. The molecule has 8 nitrogen and oxygen atoms in total. The van der Waals surface area contributed by atoms with Crippen LogP contribution in [0.15, 0.2) is 30.5 Å². The van der Waals surface area contributed by atoms with Gasteiger partial charge in [0.05, 0.1) is 13.3 Å². The Kier molecular flexibility index (Phi) is 4.92. The van der Waals surface area contributed by atoms with Crippen molar-refractivity contribution in [1.82, 2.24) is 25.2 Å². The Labute approximate surface area is 175 Å². The van der Waals surface area contributed by atoms with Gasteiger partial charge in [0.2, 0.25) is 5.91 Å². The summed E-state index contributed by atoms with van der Waals surface area (Å²) in [7, 11) is 1.67. The molecule has 1 N–H and O–H groups in total. The van der Waals surface area contributed by atoms with Gasteiger partial charge in [0.1, 0.15) is 5.75 Å². The monoisotopic (exact) mass is 409 g/mol. The number of fused-ring (bicyclic) bond motifs is 4. The van der Waals surface area contributed by atoms with E-state index in [1.165, 1.54) is 6.20 Å². The summed E-state index contributed by atoms with van der Waals surface area (Å²) in [5.74, 6) is 1.60. The zero-order valence-corrected chi connectivity index (χ0v) is 17.2. The Morgan fingerprint density at radius 3 is 2.97 bits per heavy atom. The first-order chi connectivity index (χ1) is 14.6. The molecule has 2 bridgehead atoms. The highest BCUT2D eigenvalue weighted by Crippen LogP contribution is 2.43. The standard InChI is InChI=1S/C22H27N5O3/c1-30-17-5-2-4-14(8-17)9-20-16-10-15(19-6-3-7-21(28)27(19)20)12-26(13-16)22(29)18-11-23-25-24-18/h2,4-5,8,11,15-16,19-20H,3,6-7,9-10,12-13H2,1H3,(H,23,24,25)/t15-,16+,19+,20+/m1/s1. The molecular weight excluding hydrogens is 382 g/mol. The number of piperidine rings is 3. The number of rotatable bonds is 4.